The number of rotatable bonds is 5. The zero-order chi connectivity index (χ0) is 12.5. The quantitative estimate of drug-likeness (QED) is 0.727. The van der Waals surface area contributed by atoms with Gasteiger partial charge in [-0.25, -0.2) is 4.39 Å². The predicted octanol–water partition coefficient (Wildman–Crippen LogP) is 0.693. The molecule has 1 fully saturated rings. The molecule has 1 aromatic carbocycles. The molecule has 5 nitrogen and oxygen atoms in total. The van der Waals surface area contributed by atoms with Gasteiger partial charge in [0, 0.05) is 18.2 Å². The Morgan fingerprint density at radius 3 is 2.71 bits per heavy atom. The Kier molecular flexibility index (Phi) is 3.32. The van der Waals surface area contributed by atoms with Gasteiger partial charge in [0.25, 0.3) is 10.2 Å². The molecular formula is C10H14FN3O2S. The molecule has 0 radical (unpaired) electrons. The van der Waals surface area contributed by atoms with Crippen molar-refractivity contribution in [1.29, 1.82) is 0 Å². The minimum Gasteiger partial charge on any atom is -0.326 e. The van der Waals surface area contributed by atoms with Crippen molar-refractivity contribution in [2.45, 2.75) is 25.4 Å². The van der Waals surface area contributed by atoms with E-state index in [4.69, 9.17) is 5.73 Å². The SMILES string of the molecule is NCc1cc(NS(=O)(=O)NC2CC2)ccc1F. The third kappa shape index (κ3) is 3.39. The summed E-state index contributed by atoms with van der Waals surface area (Å²) >= 11 is 0. The van der Waals surface area contributed by atoms with Crippen LogP contribution >= 0.6 is 0 Å². The van der Waals surface area contributed by atoms with Crippen LogP contribution in [-0.4, -0.2) is 14.5 Å². The van der Waals surface area contributed by atoms with E-state index in [0.29, 0.717) is 5.69 Å². The summed E-state index contributed by atoms with van der Waals surface area (Å²) in [4.78, 5) is 0. The lowest BCUT2D eigenvalue weighted by molar-refractivity contribution is 0.586. The van der Waals surface area contributed by atoms with Crippen molar-refractivity contribution in [2.24, 2.45) is 5.73 Å². The first-order valence-corrected chi connectivity index (χ1v) is 6.77. The van der Waals surface area contributed by atoms with E-state index in [1.807, 2.05) is 0 Å². The molecule has 4 N–H and O–H groups in total. The van der Waals surface area contributed by atoms with Gasteiger partial charge in [0.15, 0.2) is 0 Å². The summed E-state index contributed by atoms with van der Waals surface area (Å²) in [6.45, 7) is 0.0253. The molecule has 0 saturated heterocycles. The summed E-state index contributed by atoms with van der Waals surface area (Å²) < 4.78 is 41.1. The van der Waals surface area contributed by atoms with Crippen LogP contribution in [0.25, 0.3) is 0 Å². The van der Waals surface area contributed by atoms with E-state index in [1.54, 1.807) is 0 Å². The highest BCUT2D eigenvalue weighted by Gasteiger charge is 2.26. The second-order valence-corrected chi connectivity index (χ2v) is 5.45. The first kappa shape index (κ1) is 12.3. The molecule has 0 spiro atoms. The van der Waals surface area contributed by atoms with Crippen LogP contribution in [0.4, 0.5) is 10.1 Å². The molecule has 1 aliphatic carbocycles. The highest BCUT2D eigenvalue weighted by atomic mass is 32.2. The van der Waals surface area contributed by atoms with Crippen LogP contribution in [-0.2, 0) is 16.8 Å². The summed E-state index contributed by atoms with van der Waals surface area (Å²) in [5, 5.41) is 0. The lowest BCUT2D eigenvalue weighted by Gasteiger charge is -2.09. The van der Waals surface area contributed by atoms with Crippen molar-refractivity contribution in [2.75, 3.05) is 4.72 Å². The van der Waals surface area contributed by atoms with E-state index in [2.05, 4.69) is 9.44 Å². The lowest BCUT2D eigenvalue weighted by atomic mass is 10.2. The average Bonchev–Trinajstić information content (AvgIpc) is 3.03. The molecule has 1 aliphatic rings. The van der Waals surface area contributed by atoms with Gasteiger partial charge in [-0.3, -0.25) is 4.72 Å². The molecule has 0 unspecified atom stereocenters. The topological polar surface area (TPSA) is 84.2 Å². The molecule has 0 bridgehead atoms. The first-order valence-electron chi connectivity index (χ1n) is 5.29. The van der Waals surface area contributed by atoms with E-state index >= 15 is 0 Å². The van der Waals surface area contributed by atoms with Crippen LogP contribution < -0.4 is 15.2 Å². The van der Waals surface area contributed by atoms with Crippen molar-refractivity contribution in [3.63, 3.8) is 0 Å². The molecule has 0 atom stereocenters. The predicted molar refractivity (Wildman–Crippen MR) is 63.0 cm³/mol. The molecule has 0 aliphatic heterocycles. The van der Waals surface area contributed by atoms with Crippen LogP contribution in [0.5, 0.6) is 0 Å². The molecule has 1 saturated carbocycles. The maximum absolute atomic E-state index is 13.2. The van der Waals surface area contributed by atoms with Gasteiger partial charge in [0.1, 0.15) is 5.82 Å². The molecule has 0 amide bonds. The standard InChI is InChI=1S/C10H14FN3O2S/c11-10-4-3-9(5-7(10)6-12)14-17(15,16)13-8-1-2-8/h3-5,8,13-14H,1-2,6,12H2. The van der Waals surface area contributed by atoms with Crippen molar-refractivity contribution in [3.8, 4) is 0 Å². The van der Waals surface area contributed by atoms with Gasteiger partial charge in [-0.15, -0.1) is 0 Å². The first-order chi connectivity index (χ1) is 8.00. The Morgan fingerprint density at radius 2 is 2.12 bits per heavy atom. The van der Waals surface area contributed by atoms with Crippen LogP contribution in [0.1, 0.15) is 18.4 Å². The van der Waals surface area contributed by atoms with E-state index in [9.17, 15) is 12.8 Å². The third-order valence-corrected chi connectivity index (χ3v) is 3.57. The molecule has 0 aromatic heterocycles. The maximum Gasteiger partial charge on any atom is 0.299 e. The third-order valence-electron chi connectivity index (χ3n) is 2.42. The fraction of sp³-hybridized carbons (Fsp3) is 0.400. The van der Waals surface area contributed by atoms with Crippen LogP contribution in [0.3, 0.4) is 0 Å². The van der Waals surface area contributed by atoms with E-state index in [-0.39, 0.29) is 18.2 Å². The van der Waals surface area contributed by atoms with E-state index < -0.39 is 16.0 Å². The Morgan fingerprint density at radius 1 is 1.41 bits per heavy atom. The smallest absolute Gasteiger partial charge is 0.299 e. The summed E-state index contributed by atoms with van der Waals surface area (Å²) in [5.74, 6) is -0.439. The summed E-state index contributed by atoms with van der Waals surface area (Å²) in [6, 6.07) is 3.97. The molecule has 0 heterocycles. The second-order valence-electron chi connectivity index (χ2n) is 4.01. The number of hydrogen-bond donors (Lipinski definition) is 3. The second kappa shape index (κ2) is 4.59. The molecule has 94 valence electrons. The Labute approximate surface area is 99.4 Å². The molecule has 1 aromatic rings. The largest absolute Gasteiger partial charge is 0.326 e. The number of benzene rings is 1. The van der Waals surface area contributed by atoms with Crippen LogP contribution in [0, 0.1) is 5.82 Å². The van der Waals surface area contributed by atoms with Crippen molar-refractivity contribution in [3.05, 3.63) is 29.6 Å². The van der Waals surface area contributed by atoms with Crippen LogP contribution in [0.2, 0.25) is 0 Å². The zero-order valence-corrected chi connectivity index (χ0v) is 9.93. The molecule has 17 heavy (non-hydrogen) atoms. The van der Waals surface area contributed by atoms with Gasteiger partial charge in [-0.2, -0.15) is 13.1 Å². The number of nitrogens with one attached hydrogen (secondary N) is 2. The minimum absolute atomic E-state index is 0.0253. The Balaban J connectivity index is 2.12. The Bertz CT molecular complexity index is 514. The summed E-state index contributed by atoms with van der Waals surface area (Å²) in [7, 11) is -3.57. The molecular weight excluding hydrogens is 245 g/mol. The van der Waals surface area contributed by atoms with Gasteiger partial charge >= 0.3 is 0 Å². The average molecular weight is 259 g/mol. The Hall–Kier alpha value is -1.18. The number of nitrogens with two attached hydrogens (primary N) is 1. The van der Waals surface area contributed by atoms with Crippen molar-refractivity contribution >= 4 is 15.9 Å². The van der Waals surface area contributed by atoms with E-state index in [0.717, 1.165) is 12.8 Å². The zero-order valence-electron chi connectivity index (χ0n) is 9.11. The maximum atomic E-state index is 13.2. The van der Waals surface area contributed by atoms with Crippen molar-refractivity contribution in [1.82, 2.24) is 4.72 Å². The molecule has 7 heteroatoms. The molecule has 2 rings (SSSR count). The number of halogens is 1. The monoisotopic (exact) mass is 259 g/mol. The highest BCUT2D eigenvalue weighted by molar-refractivity contribution is 7.90. The number of hydrogen-bond acceptors (Lipinski definition) is 3. The normalized spacial score (nSPS) is 15.9. The lowest BCUT2D eigenvalue weighted by Crippen LogP contribution is -2.31. The van der Waals surface area contributed by atoms with Gasteiger partial charge in [-0.05, 0) is 31.0 Å². The van der Waals surface area contributed by atoms with Gasteiger partial charge in [0.05, 0.1) is 5.69 Å². The fourth-order valence-electron chi connectivity index (χ4n) is 1.40. The summed E-state index contributed by atoms with van der Waals surface area (Å²) in [6.07, 6.45) is 1.72. The van der Waals surface area contributed by atoms with Crippen LogP contribution in [0.15, 0.2) is 18.2 Å². The van der Waals surface area contributed by atoms with Gasteiger partial charge in [0.2, 0.25) is 0 Å². The summed E-state index contributed by atoms with van der Waals surface area (Å²) in [5.41, 5.74) is 5.92. The number of anilines is 1. The van der Waals surface area contributed by atoms with Gasteiger partial charge < -0.3 is 5.73 Å². The van der Waals surface area contributed by atoms with E-state index in [1.165, 1.54) is 18.2 Å². The van der Waals surface area contributed by atoms with Gasteiger partial charge in [-0.1, -0.05) is 0 Å². The highest BCUT2D eigenvalue weighted by Crippen LogP contribution is 2.21. The van der Waals surface area contributed by atoms with Crippen molar-refractivity contribution < 1.29 is 12.8 Å². The fourth-order valence-corrected chi connectivity index (χ4v) is 2.57. The minimum atomic E-state index is -3.57.